The molecule has 16 heavy (non-hydrogen) atoms. The van der Waals surface area contributed by atoms with E-state index in [2.05, 4.69) is 48.4 Å². The third kappa shape index (κ3) is 5.05. The molecule has 1 N–H and O–H groups in total. The summed E-state index contributed by atoms with van der Waals surface area (Å²) in [5, 5.41) is 6.69. The van der Waals surface area contributed by atoms with Gasteiger partial charge in [0, 0.05) is 18.5 Å². The third-order valence-electron chi connectivity index (χ3n) is 2.46. The van der Waals surface area contributed by atoms with Crippen LogP contribution in [0.5, 0.6) is 0 Å². The summed E-state index contributed by atoms with van der Waals surface area (Å²) in [5.41, 5.74) is 1.20. The van der Waals surface area contributed by atoms with Gasteiger partial charge < -0.3 is 10.2 Å². The van der Waals surface area contributed by atoms with Gasteiger partial charge in [0.2, 0.25) is 0 Å². The molecule has 0 amide bonds. The van der Waals surface area contributed by atoms with E-state index in [0.29, 0.717) is 5.92 Å². The van der Waals surface area contributed by atoms with Crippen LogP contribution in [0.2, 0.25) is 0 Å². The minimum atomic E-state index is 0.685. The number of aryl methyl sites for hydroxylation is 1. The van der Waals surface area contributed by atoms with Crippen molar-refractivity contribution in [1.29, 1.82) is 0 Å². The molecular weight excluding hydrogens is 218 g/mol. The Kier molecular flexibility index (Phi) is 5.95. The lowest BCUT2D eigenvalue weighted by molar-refractivity contribution is 0.272. The minimum absolute atomic E-state index is 0.685. The van der Waals surface area contributed by atoms with Crippen LogP contribution in [-0.2, 0) is 6.54 Å². The van der Waals surface area contributed by atoms with Crippen molar-refractivity contribution in [1.82, 2.24) is 15.2 Å². The third-order valence-corrected chi connectivity index (χ3v) is 3.29. The average Bonchev–Trinajstić information content (AvgIpc) is 2.60. The standard InChI is InChI=1S/C12H23N3S/c1-5-13-6-10(2)7-15(4)8-12-9-16-11(3)14-12/h9-10,13H,5-8H2,1-4H3. The minimum Gasteiger partial charge on any atom is -0.317 e. The summed E-state index contributed by atoms with van der Waals surface area (Å²) < 4.78 is 0. The predicted molar refractivity (Wildman–Crippen MR) is 70.9 cm³/mol. The highest BCUT2D eigenvalue weighted by molar-refractivity contribution is 7.09. The Morgan fingerprint density at radius 2 is 2.31 bits per heavy atom. The van der Waals surface area contributed by atoms with Gasteiger partial charge in [0.25, 0.3) is 0 Å². The summed E-state index contributed by atoms with van der Waals surface area (Å²) in [6.07, 6.45) is 0. The Labute approximate surface area is 103 Å². The van der Waals surface area contributed by atoms with Gasteiger partial charge in [-0.2, -0.15) is 0 Å². The second-order valence-corrected chi connectivity index (χ2v) is 5.53. The van der Waals surface area contributed by atoms with Gasteiger partial charge in [-0.25, -0.2) is 4.98 Å². The van der Waals surface area contributed by atoms with Crippen molar-refractivity contribution >= 4 is 11.3 Å². The molecule has 1 rings (SSSR count). The van der Waals surface area contributed by atoms with E-state index >= 15 is 0 Å². The lowest BCUT2D eigenvalue weighted by Gasteiger charge is -2.20. The molecule has 1 atom stereocenters. The van der Waals surface area contributed by atoms with Gasteiger partial charge in [-0.1, -0.05) is 13.8 Å². The quantitative estimate of drug-likeness (QED) is 0.792. The van der Waals surface area contributed by atoms with Crippen molar-refractivity contribution in [3.8, 4) is 0 Å². The van der Waals surface area contributed by atoms with Gasteiger partial charge >= 0.3 is 0 Å². The first-order valence-electron chi connectivity index (χ1n) is 5.92. The Balaban J connectivity index is 2.27. The maximum absolute atomic E-state index is 4.48. The highest BCUT2D eigenvalue weighted by Crippen LogP contribution is 2.10. The molecule has 0 aromatic carbocycles. The number of nitrogens with zero attached hydrogens (tertiary/aromatic N) is 2. The van der Waals surface area contributed by atoms with E-state index < -0.39 is 0 Å². The van der Waals surface area contributed by atoms with Crippen molar-refractivity contribution in [3.63, 3.8) is 0 Å². The second kappa shape index (κ2) is 6.99. The zero-order chi connectivity index (χ0) is 12.0. The smallest absolute Gasteiger partial charge is 0.0897 e. The van der Waals surface area contributed by atoms with Gasteiger partial charge in [-0.3, -0.25) is 0 Å². The van der Waals surface area contributed by atoms with E-state index in [1.807, 2.05) is 0 Å². The number of rotatable bonds is 7. The van der Waals surface area contributed by atoms with Gasteiger partial charge in [0.05, 0.1) is 10.7 Å². The second-order valence-electron chi connectivity index (χ2n) is 4.47. The van der Waals surface area contributed by atoms with Crippen LogP contribution in [0, 0.1) is 12.8 Å². The van der Waals surface area contributed by atoms with Gasteiger partial charge in [-0.15, -0.1) is 11.3 Å². The first kappa shape index (κ1) is 13.6. The number of nitrogens with one attached hydrogen (secondary N) is 1. The molecule has 1 unspecified atom stereocenters. The fourth-order valence-corrected chi connectivity index (χ4v) is 2.41. The van der Waals surface area contributed by atoms with Crippen LogP contribution < -0.4 is 5.32 Å². The number of hydrogen-bond donors (Lipinski definition) is 1. The highest BCUT2D eigenvalue weighted by Gasteiger charge is 2.07. The van der Waals surface area contributed by atoms with Crippen molar-refractivity contribution < 1.29 is 0 Å². The zero-order valence-corrected chi connectivity index (χ0v) is 11.6. The summed E-state index contributed by atoms with van der Waals surface area (Å²) in [4.78, 5) is 6.83. The van der Waals surface area contributed by atoms with E-state index in [1.54, 1.807) is 11.3 Å². The molecule has 1 heterocycles. The molecule has 92 valence electrons. The normalized spacial score (nSPS) is 13.3. The SMILES string of the molecule is CCNCC(C)CN(C)Cc1csc(C)n1. The number of aromatic nitrogens is 1. The van der Waals surface area contributed by atoms with E-state index in [4.69, 9.17) is 0 Å². The zero-order valence-electron chi connectivity index (χ0n) is 10.8. The van der Waals surface area contributed by atoms with Gasteiger partial charge in [0.1, 0.15) is 0 Å². The van der Waals surface area contributed by atoms with E-state index in [0.717, 1.165) is 31.2 Å². The largest absolute Gasteiger partial charge is 0.317 e. The summed E-state index contributed by atoms with van der Waals surface area (Å²) in [6, 6.07) is 0. The Bertz CT molecular complexity index is 298. The van der Waals surface area contributed by atoms with Crippen LogP contribution in [0.1, 0.15) is 24.5 Å². The summed E-state index contributed by atoms with van der Waals surface area (Å²) in [5.74, 6) is 0.685. The van der Waals surface area contributed by atoms with Crippen LogP contribution >= 0.6 is 11.3 Å². The maximum atomic E-state index is 4.48. The molecule has 0 saturated heterocycles. The average molecular weight is 241 g/mol. The fourth-order valence-electron chi connectivity index (χ4n) is 1.81. The van der Waals surface area contributed by atoms with Crippen molar-refractivity contribution in [2.75, 3.05) is 26.7 Å². The molecule has 0 aliphatic heterocycles. The van der Waals surface area contributed by atoms with E-state index in [-0.39, 0.29) is 0 Å². The van der Waals surface area contributed by atoms with E-state index in [1.165, 1.54) is 5.69 Å². The highest BCUT2D eigenvalue weighted by atomic mass is 32.1. The van der Waals surface area contributed by atoms with Gasteiger partial charge in [-0.05, 0) is 33.0 Å². The molecule has 0 aliphatic carbocycles. The predicted octanol–water partition coefficient (Wildman–Crippen LogP) is 2.13. The van der Waals surface area contributed by atoms with Crippen LogP contribution in [0.3, 0.4) is 0 Å². The first-order valence-corrected chi connectivity index (χ1v) is 6.80. The maximum Gasteiger partial charge on any atom is 0.0897 e. The van der Waals surface area contributed by atoms with Crippen LogP contribution in [-0.4, -0.2) is 36.6 Å². The Morgan fingerprint density at radius 1 is 1.56 bits per heavy atom. The Morgan fingerprint density at radius 3 is 2.88 bits per heavy atom. The van der Waals surface area contributed by atoms with Crippen molar-refractivity contribution in [2.24, 2.45) is 5.92 Å². The lowest BCUT2D eigenvalue weighted by atomic mass is 10.1. The van der Waals surface area contributed by atoms with Crippen LogP contribution in [0.4, 0.5) is 0 Å². The number of hydrogen-bond acceptors (Lipinski definition) is 4. The molecule has 3 nitrogen and oxygen atoms in total. The molecule has 0 fully saturated rings. The summed E-state index contributed by atoms with van der Waals surface area (Å²) in [6.45, 7) is 10.7. The summed E-state index contributed by atoms with van der Waals surface area (Å²) in [7, 11) is 2.16. The first-order chi connectivity index (χ1) is 7.61. The fraction of sp³-hybridized carbons (Fsp3) is 0.750. The number of thiazole rings is 1. The monoisotopic (exact) mass is 241 g/mol. The summed E-state index contributed by atoms with van der Waals surface area (Å²) >= 11 is 1.73. The molecule has 0 aliphatic rings. The molecular formula is C12H23N3S. The topological polar surface area (TPSA) is 28.2 Å². The van der Waals surface area contributed by atoms with Gasteiger partial charge in [0.15, 0.2) is 0 Å². The van der Waals surface area contributed by atoms with Crippen molar-refractivity contribution in [2.45, 2.75) is 27.3 Å². The Hall–Kier alpha value is -0.450. The molecule has 0 saturated carbocycles. The lowest BCUT2D eigenvalue weighted by Crippen LogP contribution is -2.30. The van der Waals surface area contributed by atoms with Crippen LogP contribution in [0.15, 0.2) is 5.38 Å². The molecule has 0 spiro atoms. The molecule has 0 bridgehead atoms. The van der Waals surface area contributed by atoms with Crippen LogP contribution in [0.25, 0.3) is 0 Å². The molecule has 0 radical (unpaired) electrons. The van der Waals surface area contributed by atoms with E-state index in [9.17, 15) is 0 Å². The van der Waals surface area contributed by atoms with Crippen molar-refractivity contribution in [3.05, 3.63) is 16.1 Å². The molecule has 1 aromatic rings. The molecule has 4 heteroatoms. The molecule has 1 aromatic heterocycles.